The molecule has 2 aliphatic heterocycles. The Morgan fingerprint density at radius 3 is 2.40 bits per heavy atom. The SMILES string of the molecule is CC(=O)Nc1ccc(NC(=O)C[NH+]2CCC[C@@H]2c2ccc3c(c2)OCCCO3)cc1. The minimum atomic E-state index is -0.120. The first kappa shape index (κ1) is 20.2. The van der Waals surface area contributed by atoms with E-state index in [0.29, 0.717) is 25.4 Å². The fourth-order valence-electron chi connectivity index (χ4n) is 4.17. The lowest BCUT2D eigenvalue weighted by Crippen LogP contribution is -3.11. The molecule has 2 amide bonds. The van der Waals surface area contributed by atoms with Crippen molar-refractivity contribution >= 4 is 23.2 Å². The van der Waals surface area contributed by atoms with Crippen LogP contribution in [-0.2, 0) is 9.59 Å². The van der Waals surface area contributed by atoms with Gasteiger partial charge in [0.1, 0.15) is 6.04 Å². The van der Waals surface area contributed by atoms with Crippen LogP contribution in [0.2, 0.25) is 0 Å². The third-order valence-corrected chi connectivity index (χ3v) is 5.53. The summed E-state index contributed by atoms with van der Waals surface area (Å²) in [6.45, 7) is 4.19. The molecule has 0 aliphatic carbocycles. The van der Waals surface area contributed by atoms with Crippen LogP contribution in [0.15, 0.2) is 42.5 Å². The number of nitrogens with one attached hydrogen (secondary N) is 3. The molecule has 7 nitrogen and oxygen atoms in total. The van der Waals surface area contributed by atoms with Gasteiger partial charge in [0.2, 0.25) is 5.91 Å². The number of carbonyl (C=O) groups excluding carboxylic acids is 2. The molecule has 1 saturated heterocycles. The predicted molar refractivity (Wildman–Crippen MR) is 114 cm³/mol. The third kappa shape index (κ3) is 4.91. The number of hydrogen-bond donors (Lipinski definition) is 3. The molecule has 2 aliphatic rings. The van der Waals surface area contributed by atoms with Crippen LogP contribution in [0, 0.1) is 0 Å². The molecule has 30 heavy (non-hydrogen) atoms. The van der Waals surface area contributed by atoms with E-state index in [1.807, 2.05) is 6.07 Å². The Kier molecular flexibility index (Phi) is 6.18. The molecule has 0 saturated carbocycles. The van der Waals surface area contributed by atoms with Crippen molar-refractivity contribution in [2.45, 2.75) is 32.2 Å². The topological polar surface area (TPSA) is 81.1 Å². The van der Waals surface area contributed by atoms with Gasteiger partial charge in [-0.25, -0.2) is 0 Å². The molecule has 0 aromatic heterocycles. The molecule has 3 N–H and O–H groups in total. The van der Waals surface area contributed by atoms with Crippen LogP contribution in [0.25, 0.3) is 0 Å². The van der Waals surface area contributed by atoms with Crippen molar-refractivity contribution in [1.29, 1.82) is 0 Å². The van der Waals surface area contributed by atoms with E-state index >= 15 is 0 Å². The van der Waals surface area contributed by atoms with Crippen LogP contribution < -0.4 is 25.0 Å². The molecule has 1 unspecified atom stereocenters. The van der Waals surface area contributed by atoms with Crippen molar-refractivity contribution in [3.63, 3.8) is 0 Å². The van der Waals surface area contributed by atoms with Crippen LogP contribution in [-0.4, -0.2) is 38.1 Å². The zero-order chi connectivity index (χ0) is 20.9. The van der Waals surface area contributed by atoms with Crippen molar-refractivity contribution in [2.24, 2.45) is 0 Å². The van der Waals surface area contributed by atoms with Gasteiger partial charge in [-0.05, 0) is 42.5 Å². The summed E-state index contributed by atoms with van der Waals surface area (Å²) in [5.41, 5.74) is 2.62. The molecule has 2 aromatic rings. The number of likely N-dealkylation sites (tertiary alicyclic amines) is 1. The minimum absolute atomic E-state index is 0.0153. The molecule has 1 fully saturated rings. The van der Waals surface area contributed by atoms with Gasteiger partial charge < -0.3 is 25.0 Å². The Hall–Kier alpha value is -3.06. The highest BCUT2D eigenvalue weighted by Crippen LogP contribution is 2.33. The van der Waals surface area contributed by atoms with Gasteiger partial charge >= 0.3 is 0 Å². The highest BCUT2D eigenvalue weighted by molar-refractivity contribution is 5.92. The van der Waals surface area contributed by atoms with Crippen LogP contribution in [0.5, 0.6) is 11.5 Å². The molecule has 2 aromatic carbocycles. The van der Waals surface area contributed by atoms with E-state index < -0.39 is 0 Å². The first-order valence-corrected chi connectivity index (χ1v) is 10.5. The van der Waals surface area contributed by atoms with Crippen LogP contribution in [0.4, 0.5) is 11.4 Å². The number of carbonyl (C=O) groups is 2. The summed E-state index contributed by atoms with van der Waals surface area (Å²) in [4.78, 5) is 25.0. The molecular formula is C23H28N3O4+. The Morgan fingerprint density at radius 1 is 0.967 bits per heavy atom. The first-order chi connectivity index (χ1) is 14.6. The first-order valence-electron chi connectivity index (χ1n) is 10.5. The van der Waals surface area contributed by atoms with Gasteiger partial charge in [-0.15, -0.1) is 0 Å². The number of ether oxygens (including phenoxy) is 2. The third-order valence-electron chi connectivity index (χ3n) is 5.53. The number of quaternary nitrogens is 1. The van der Waals surface area contributed by atoms with E-state index in [1.54, 1.807) is 24.3 Å². The number of hydrogen-bond acceptors (Lipinski definition) is 4. The maximum absolute atomic E-state index is 12.6. The number of rotatable bonds is 5. The lowest BCUT2D eigenvalue weighted by molar-refractivity contribution is -0.910. The number of fused-ring (bicyclic) bond motifs is 1. The second-order valence-corrected chi connectivity index (χ2v) is 7.84. The second kappa shape index (κ2) is 9.17. The Bertz CT molecular complexity index is 913. The summed E-state index contributed by atoms with van der Waals surface area (Å²) in [6, 6.07) is 13.6. The minimum Gasteiger partial charge on any atom is -0.490 e. The highest BCUT2D eigenvalue weighted by atomic mass is 16.5. The average Bonchev–Trinajstić information content (AvgIpc) is 3.04. The number of anilines is 2. The van der Waals surface area contributed by atoms with E-state index in [0.717, 1.165) is 43.0 Å². The van der Waals surface area contributed by atoms with Gasteiger partial charge in [0.05, 0.1) is 19.8 Å². The van der Waals surface area contributed by atoms with Gasteiger partial charge in [0, 0.05) is 43.1 Å². The van der Waals surface area contributed by atoms with Crippen molar-refractivity contribution in [3.05, 3.63) is 48.0 Å². The van der Waals surface area contributed by atoms with E-state index in [9.17, 15) is 9.59 Å². The number of amides is 2. The Balaban J connectivity index is 1.38. The Labute approximate surface area is 176 Å². The van der Waals surface area contributed by atoms with Gasteiger partial charge in [-0.1, -0.05) is 0 Å². The van der Waals surface area contributed by atoms with Crippen molar-refractivity contribution in [1.82, 2.24) is 0 Å². The monoisotopic (exact) mass is 410 g/mol. The molecule has 158 valence electrons. The zero-order valence-electron chi connectivity index (χ0n) is 17.2. The van der Waals surface area contributed by atoms with Crippen molar-refractivity contribution < 1.29 is 24.0 Å². The summed E-state index contributed by atoms with van der Waals surface area (Å²) < 4.78 is 11.6. The van der Waals surface area contributed by atoms with Crippen molar-refractivity contribution in [2.75, 3.05) is 36.9 Å². The lowest BCUT2D eigenvalue weighted by atomic mass is 10.0. The Morgan fingerprint density at radius 2 is 1.67 bits per heavy atom. The molecule has 0 bridgehead atoms. The van der Waals surface area contributed by atoms with Gasteiger partial charge in [0.25, 0.3) is 5.91 Å². The van der Waals surface area contributed by atoms with E-state index in [-0.39, 0.29) is 17.9 Å². The van der Waals surface area contributed by atoms with E-state index in [4.69, 9.17) is 9.47 Å². The summed E-state index contributed by atoms with van der Waals surface area (Å²) in [5.74, 6) is 1.47. The number of benzene rings is 2. The quantitative estimate of drug-likeness (QED) is 0.706. The summed E-state index contributed by atoms with van der Waals surface area (Å²) in [6.07, 6.45) is 3.03. The smallest absolute Gasteiger partial charge is 0.279 e. The lowest BCUT2D eigenvalue weighted by Gasteiger charge is -2.22. The fraction of sp³-hybridized carbons (Fsp3) is 0.391. The largest absolute Gasteiger partial charge is 0.490 e. The summed E-state index contributed by atoms with van der Waals surface area (Å²) >= 11 is 0. The predicted octanol–water partition coefficient (Wildman–Crippen LogP) is 2.16. The van der Waals surface area contributed by atoms with Crippen LogP contribution in [0.1, 0.15) is 37.8 Å². The summed E-state index contributed by atoms with van der Waals surface area (Å²) in [7, 11) is 0. The van der Waals surface area contributed by atoms with Gasteiger partial charge in [-0.3, -0.25) is 9.59 Å². The van der Waals surface area contributed by atoms with Gasteiger partial charge in [-0.2, -0.15) is 0 Å². The molecule has 2 heterocycles. The standard InChI is InChI=1S/C23H27N3O4/c1-16(27)24-18-6-8-19(9-7-18)25-23(28)15-26-11-2-4-20(26)17-5-10-21-22(14-17)30-13-3-12-29-21/h5-10,14,20H,2-4,11-13,15H2,1H3,(H,24,27)(H,25,28)/p+1/t20-/m1/s1. The summed E-state index contributed by atoms with van der Waals surface area (Å²) in [5, 5.41) is 5.68. The van der Waals surface area contributed by atoms with E-state index in [1.165, 1.54) is 17.4 Å². The van der Waals surface area contributed by atoms with E-state index in [2.05, 4.69) is 22.8 Å². The van der Waals surface area contributed by atoms with Crippen LogP contribution in [0.3, 0.4) is 0 Å². The molecule has 0 radical (unpaired) electrons. The normalized spacial score (nSPS) is 20.3. The van der Waals surface area contributed by atoms with Crippen LogP contribution >= 0.6 is 0 Å². The average molecular weight is 410 g/mol. The fourth-order valence-corrected chi connectivity index (χ4v) is 4.17. The van der Waals surface area contributed by atoms with Crippen molar-refractivity contribution in [3.8, 4) is 11.5 Å². The molecule has 0 spiro atoms. The second-order valence-electron chi connectivity index (χ2n) is 7.84. The molecule has 2 atom stereocenters. The maximum atomic E-state index is 12.6. The molecule has 4 rings (SSSR count). The molecule has 7 heteroatoms. The molecular weight excluding hydrogens is 382 g/mol. The maximum Gasteiger partial charge on any atom is 0.279 e. The van der Waals surface area contributed by atoms with Gasteiger partial charge in [0.15, 0.2) is 18.0 Å². The zero-order valence-corrected chi connectivity index (χ0v) is 17.2. The highest BCUT2D eigenvalue weighted by Gasteiger charge is 2.32.